The lowest BCUT2D eigenvalue weighted by molar-refractivity contribution is -0.128. The summed E-state index contributed by atoms with van der Waals surface area (Å²) in [5, 5.41) is 13.1. The fourth-order valence-corrected chi connectivity index (χ4v) is 2.49. The molecule has 0 spiro atoms. The quantitative estimate of drug-likeness (QED) is 0.844. The lowest BCUT2D eigenvalue weighted by Gasteiger charge is -2.22. The highest BCUT2D eigenvalue weighted by atomic mass is 16.5. The summed E-state index contributed by atoms with van der Waals surface area (Å²) in [4.78, 5) is 12.0. The molecule has 1 aromatic rings. The fourth-order valence-electron chi connectivity index (χ4n) is 2.49. The number of aliphatic hydroxyl groups is 1. The van der Waals surface area contributed by atoms with Crippen molar-refractivity contribution in [3.05, 3.63) is 29.8 Å². The van der Waals surface area contributed by atoms with Gasteiger partial charge in [-0.3, -0.25) is 4.79 Å². The van der Waals surface area contributed by atoms with Crippen LogP contribution in [-0.2, 0) is 9.53 Å². The summed E-state index contributed by atoms with van der Waals surface area (Å²) in [6, 6.07) is 7.34. The minimum absolute atomic E-state index is 0.00284. The topological polar surface area (TPSA) is 67.8 Å². The highest BCUT2D eigenvalue weighted by Crippen LogP contribution is 2.20. The number of hydrogen-bond acceptors (Lipinski definition) is 4. The van der Waals surface area contributed by atoms with E-state index in [0.717, 1.165) is 24.2 Å². The molecule has 1 aliphatic heterocycles. The molecule has 1 fully saturated rings. The first-order valence-electron chi connectivity index (χ1n) is 7.86. The van der Waals surface area contributed by atoms with Crippen molar-refractivity contribution in [3.8, 4) is 5.75 Å². The van der Waals surface area contributed by atoms with Gasteiger partial charge in [0.05, 0.1) is 12.2 Å². The Bertz CT molecular complexity index is 483. The Morgan fingerprint density at radius 2 is 2.14 bits per heavy atom. The molecule has 5 heteroatoms. The second kappa shape index (κ2) is 8.15. The third-order valence-corrected chi connectivity index (χ3v) is 3.68. The van der Waals surface area contributed by atoms with Gasteiger partial charge in [-0.1, -0.05) is 12.1 Å². The van der Waals surface area contributed by atoms with Crippen LogP contribution in [0.25, 0.3) is 0 Å². The lowest BCUT2D eigenvalue weighted by Crippen LogP contribution is -2.36. The Morgan fingerprint density at radius 3 is 2.82 bits per heavy atom. The number of carbonyl (C=O) groups excluding carboxylic acids is 1. The number of ether oxygens (including phenoxy) is 2. The predicted molar refractivity (Wildman–Crippen MR) is 83.7 cm³/mol. The Labute approximate surface area is 131 Å². The van der Waals surface area contributed by atoms with E-state index in [1.807, 2.05) is 38.1 Å². The van der Waals surface area contributed by atoms with Crippen molar-refractivity contribution in [2.75, 3.05) is 19.8 Å². The summed E-state index contributed by atoms with van der Waals surface area (Å²) in [5.74, 6) is 0.718. The van der Waals surface area contributed by atoms with Crippen LogP contribution in [0.1, 0.15) is 38.4 Å². The Balaban J connectivity index is 1.86. The Morgan fingerprint density at radius 1 is 1.41 bits per heavy atom. The van der Waals surface area contributed by atoms with E-state index in [9.17, 15) is 9.90 Å². The summed E-state index contributed by atoms with van der Waals surface area (Å²) < 4.78 is 10.9. The van der Waals surface area contributed by atoms with E-state index < -0.39 is 6.10 Å². The zero-order valence-corrected chi connectivity index (χ0v) is 13.2. The molecular formula is C17H25NO4. The molecule has 22 heavy (non-hydrogen) atoms. The molecule has 1 aromatic carbocycles. The van der Waals surface area contributed by atoms with Gasteiger partial charge in [-0.25, -0.2) is 0 Å². The summed E-state index contributed by atoms with van der Waals surface area (Å²) in [6.07, 6.45) is 0.847. The van der Waals surface area contributed by atoms with Gasteiger partial charge in [0.1, 0.15) is 5.75 Å². The van der Waals surface area contributed by atoms with Gasteiger partial charge in [0.25, 0.3) is 0 Å². The molecule has 1 atom stereocenters. The molecule has 1 amide bonds. The van der Waals surface area contributed by atoms with Crippen LogP contribution < -0.4 is 10.1 Å². The van der Waals surface area contributed by atoms with E-state index in [4.69, 9.17) is 9.47 Å². The smallest absolute Gasteiger partial charge is 0.223 e. The summed E-state index contributed by atoms with van der Waals surface area (Å²) in [5.41, 5.74) is 0.741. The van der Waals surface area contributed by atoms with Gasteiger partial charge in [-0.05, 0) is 44.4 Å². The van der Waals surface area contributed by atoms with Crippen LogP contribution in [0.3, 0.4) is 0 Å². The number of rotatable bonds is 6. The maximum atomic E-state index is 12.0. The molecule has 2 N–H and O–H groups in total. The largest absolute Gasteiger partial charge is 0.491 e. The van der Waals surface area contributed by atoms with Gasteiger partial charge < -0.3 is 19.9 Å². The van der Waals surface area contributed by atoms with Crippen LogP contribution in [0, 0.1) is 5.92 Å². The number of carbonyl (C=O) groups is 1. The van der Waals surface area contributed by atoms with Crippen molar-refractivity contribution in [2.45, 2.75) is 38.9 Å². The molecule has 0 bridgehead atoms. The van der Waals surface area contributed by atoms with Gasteiger partial charge in [0, 0.05) is 25.7 Å². The number of nitrogens with one attached hydrogen (secondary N) is 1. The highest BCUT2D eigenvalue weighted by Gasteiger charge is 2.22. The minimum atomic E-state index is -0.737. The maximum Gasteiger partial charge on any atom is 0.223 e. The number of hydrogen-bond donors (Lipinski definition) is 2. The molecule has 0 saturated carbocycles. The fraction of sp³-hybridized carbons (Fsp3) is 0.588. The van der Waals surface area contributed by atoms with Crippen LogP contribution in [0.2, 0.25) is 0 Å². The molecule has 5 nitrogen and oxygen atoms in total. The minimum Gasteiger partial charge on any atom is -0.491 e. The zero-order valence-electron chi connectivity index (χ0n) is 13.2. The van der Waals surface area contributed by atoms with E-state index in [1.54, 1.807) is 0 Å². The summed E-state index contributed by atoms with van der Waals surface area (Å²) in [7, 11) is 0. The SMILES string of the molecule is CC(C)Oc1cccc(C(O)CNC(=O)C2CCOCC2)c1. The molecule has 1 saturated heterocycles. The van der Waals surface area contributed by atoms with Gasteiger partial charge in [-0.15, -0.1) is 0 Å². The van der Waals surface area contributed by atoms with E-state index in [-0.39, 0.29) is 24.5 Å². The molecule has 1 heterocycles. The lowest BCUT2D eigenvalue weighted by atomic mass is 9.99. The van der Waals surface area contributed by atoms with Crippen LogP contribution in [0.4, 0.5) is 0 Å². The monoisotopic (exact) mass is 307 g/mol. The van der Waals surface area contributed by atoms with Crippen molar-refractivity contribution in [1.29, 1.82) is 0 Å². The van der Waals surface area contributed by atoms with Crippen molar-refractivity contribution in [3.63, 3.8) is 0 Å². The first kappa shape index (κ1) is 16.8. The average Bonchev–Trinajstić information content (AvgIpc) is 2.52. The van der Waals surface area contributed by atoms with Gasteiger partial charge >= 0.3 is 0 Å². The Kier molecular flexibility index (Phi) is 6.21. The second-order valence-electron chi connectivity index (χ2n) is 5.89. The van der Waals surface area contributed by atoms with Gasteiger partial charge in [-0.2, -0.15) is 0 Å². The highest BCUT2D eigenvalue weighted by molar-refractivity contribution is 5.78. The zero-order chi connectivity index (χ0) is 15.9. The van der Waals surface area contributed by atoms with E-state index in [2.05, 4.69) is 5.32 Å². The van der Waals surface area contributed by atoms with Crippen molar-refractivity contribution >= 4 is 5.91 Å². The van der Waals surface area contributed by atoms with E-state index >= 15 is 0 Å². The summed E-state index contributed by atoms with van der Waals surface area (Å²) in [6.45, 7) is 5.39. The summed E-state index contributed by atoms with van der Waals surface area (Å²) >= 11 is 0. The Hall–Kier alpha value is -1.59. The molecule has 0 aliphatic carbocycles. The standard InChI is InChI=1S/C17H25NO4/c1-12(2)22-15-5-3-4-14(10-15)16(19)11-18-17(20)13-6-8-21-9-7-13/h3-5,10,12-13,16,19H,6-9,11H2,1-2H3,(H,18,20). The van der Waals surface area contributed by atoms with Crippen LogP contribution >= 0.6 is 0 Å². The van der Waals surface area contributed by atoms with Gasteiger partial charge in [0.2, 0.25) is 5.91 Å². The van der Waals surface area contributed by atoms with Crippen molar-refractivity contribution < 1.29 is 19.4 Å². The number of amides is 1. The predicted octanol–water partition coefficient (Wildman–Crippen LogP) is 2.05. The second-order valence-corrected chi connectivity index (χ2v) is 5.89. The maximum absolute atomic E-state index is 12.0. The molecule has 1 aliphatic rings. The normalized spacial score (nSPS) is 17.3. The molecular weight excluding hydrogens is 282 g/mol. The van der Waals surface area contributed by atoms with E-state index in [1.165, 1.54) is 0 Å². The first-order chi connectivity index (χ1) is 10.6. The number of benzene rings is 1. The van der Waals surface area contributed by atoms with Crippen LogP contribution in [0.5, 0.6) is 5.75 Å². The van der Waals surface area contributed by atoms with Crippen molar-refractivity contribution in [2.24, 2.45) is 5.92 Å². The molecule has 122 valence electrons. The van der Waals surface area contributed by atoms with Crippen LogP contribution in [-0.4, -0.2) is 36.9 Å². The van der Waals surface area contributed by atoms with Gasteiger partial charge in [0.15, 0.2) is 0 Å². The molecule has 1 unspecified atom stereocenters. The first-order valence-corrected chi connectivity index (χ1v) is 7.86. The third kappa shape index (κ3) is 5.00. The molecule has 0 aromatic heterocycles. The van der Waals surface area contributed by atoms with Crippen molar-refractivity contribution in [1.82, 2.24) is 5.32 Å². The molecule has 0 radical (unpaired) electrons. The number of aliphatic hydroxyl groups excluding tert-OH is 1. The third-order valence-electron chi connectivity index (χ3n) is 3.68. The van der Waals surface area contributed by atoms with Crippen LogP contribution in [0.15, 0.2) is 24.3 Å². The van der Waals surface area contributed by atoms with E-state index in [0.29, 0.717) is 13.2 Å². The molecule has 2 rings (SSSR count). The average molecular weight is 307 g/mol.